The van der Waals surface area contributed by atoms with Crippen LogP contribution in [0, 0.1) is 0 Å². The summed E-state index contributed by atoms with van der Waals surface area (Å²) < 4.78 is 5.78. The van der Waals surface area contributed by atoms with Crippen molar-refractivity contribution in [3.63, 3.8) is 0 Å². The first kappa shape index (κ1) is 10.1. The fourth-order valence-electron chi connectivity index (χ4n) is 1.61. The summed E-state index contributed by atoms with van der Waals surface area (Å²) >= 11 is 0. The standard InChI is InChI=1S/C9H19BNO/c1-7(2)12-9(3)8(10-9)6-11(4)5/h7-8H,6H2,1-5H3. The minimum absolute atomic E-state index is 0.0540. The van der Waals surface area contributed by atoms with E-state index >= 15 is 0 Å². The van der Waals surface area contributed by atoms with Gasteiger partial charge in [-0.25, -0.2) is 0 Å². The topological polar surface area (TPSA) is 12.5 Å². The predicted molar refractivity (Wildman–Crippen MR) is 52.7 cm³/mol. The second-order valence-electron chi connectivity index (χ2n) is 4.39. The molecular weight excluding hydrogens is 149 g/mol. The van der Waals surface area contributed by atoms with E-state index in [-0.39, 0.29) is 5.50 Å². The van der Waals surface area contributed by atoms with E-state index in [1.54, 1.807) is 0 Å². The van der Waals surface area contributed by atoms with Crippen molar-refractivity contribution in [2.24, 2.45) is 0 Å². The summed E-state index contributed by atoms with van der Waals surface area (Å²) in [4.78, 5) is 2.20. The molecule has 2 atom stereocenters. The maximum atomic E-state index is 5.78. The van der Waals surface area contributed by atoms with E-state index in [9.17, 15) is 0 Å². The number of rotatable bonds is 4. The summed E-state index contributed by atoms with van der Waals surface area (Å²) in [6.07, 6.45) is 0.332. The molecule has 3 heteroatoms. The Balaban J connectivity index is 2.28. The average Bonchev–Trinajstić information content (AvgIpc) is 2.36. The molecule has 69 valence electrons. The zero-order valence-electron chi connectivity index (χ0n) is 8.79. The summed E-state index contributed by atoms with van der Waals surface area (Å²) in [5, 5.41) is 0. The van der Waals surface area contributed by atoms with Gasteiger partial charge in [0, 0.05) is 5.50 Å². The van der Waals surface area contributed by atoms with Crippen LogP contribution in [-0.2, 0) is 4.74 Å². The van der Waals surface area contributed by atoms with Crippen molar-refractivity contribution in [3.05, 3.63) is 0 Å². The molecule has 12 heavy (non-hydrogen) atoms. The molecule has 1 fully saturated rings. The van der Waals surface area contributed by atoms with Gasteiger partial charge in [0.2, 0.25) is 0 Å². The molecule has 0 N–H and O–H groups in total. The Morgan fingerprint density at radius 1 is 1.50 bits per heavy atom. The van der Waals surface area contributed by atoms with E-state index in [4.69, 9.17) is 4.74 Å². The fourth-order valence-corrected chi connectivity index (χ4v) is 1.61. The van der Waals surface area contributed by atoms with Crippen LogP contribution in [0.2, 0.25) is 5.82 Å². The van der Waals surface area contributed by atoms with Gasteiger partial charge in [0.25, 0.3) is 0 Å². The Bertz CT molecular complexity index is 161. The fraction of sp³-hybridized carbons (Fsp3) is 1.00. The van der Waals surface area contributed by atoms with Gasteiger partial charge < -0.3 is 9.64 Å². The van der Waals surface area contributed by atoms with Crippen molar-refractivity contribution in [1.82, 2.24) is 4.90 Å². The zero-order chi connectivity index (χ0) is 9.35. The van der Waals surface area contributed by atoms with Crippen molar-refractivity contribution in [1.29, 1.82) is 0 Å². The Kier molecular flexibility index (Phi) is 2.84. The van der Waals surface area contributed by atoms with E-state index < -0.39 is 0 Å². The average molecular weight is 168 g/mol. The maximum absolute atomic E-state index is 5.78. The summed E-state index contributed by atoms with van der Waals surface area (Å²) in [7, 11) is 6.48. The Labute approximate surface area is 76.5 Å². The smallest absolute Gasteiger partial charge is 0.160 e. The van der Waals surface area contributed by atoms with Gasteiger partial charge in [-0.3, -0.25) is 0 Å². The second-order valence-corrected chi connectivity index (χ2v) is 4.39. The Morgan fingerprint density at radius 3 is 2.50 bits per heavy atom. The SMILES string of the molecule is CC(C)OC1(C)[B]C1CN(C)C. The van der Waals surface area contributed by atoms with Crippen LogP contribution in [0.15, 0.2) is 0 Å². The lowest BCUT2D eigenvalue weighted by Crippen LogP contribution is -2.21. The third-order valence-electron chi connectivity index (χ3n) is 2.21. The molecule has 0 aromatic carbocycles. The van der Waals surface area contributed by atoms with Crippen LogP contribution >= 0.6 is 0 Å². The highest BCUT2D eigenvalue weighted by atomic mass is 16.5. The predicted octanol–water partition coefficient (Wildman–Crippen LogP) is 1.20. The molecule has 1 heterocycles. The van der Waals surface area contributed by atoms with Crippen LogP contribution < -0.4 is 0 Å². The summed E-state index contributed by atoms with van der Waals surface area (Å²) in [5.41, 5.74) is 0.0540. The molecule has 2 unspecified atom stereocenters. The second kappa shape index (κ2) is 3.39. The normalized spacial score (nSPS) is 34.1. The zero-order valence-corrected chi connectivity index (χ0v) is 8.79. The summed E-state index contributed by atoms with van der Waals surface area (Å²) in [6, 6.07) is 0. The number of hydrogen-bond donors (Lipinski definition) is 0. The molecule has 2 nitrogen and oxygen atoms in total. The van der Waals surface area contributed by atoms with E-state index in [0.29, 0.717) is 11.9 Å². The van der Waals surface area contributed by atoms with Crippen molar-refractivity contribution in [2.45, 2.75) is 38.2 Å². The lowest BCUT2D eigenvalue weighted by molar-refractivity contribution is 0.00988. The van der Waals surface area contributed by atoms with Crippen LogP contribution in [0.4, 0.5) is 0 Å². The molecular formula is C9H19BNO. The largest absolute Gasteiger partial charge is 0.382 e. The van der Waals surface area contributed by atoms with Crippen LogP contribution in [-0.4, -0.2) is 44.4 Å². The van der Waals surface area contributed by atoms with Gasteiger partial charge in [-0.1, -0.05) is 0 Å². The van der Waals surface area contributed by atoms with Crippen molar-refractivity contribution in [3.8, 4) is 0 Å². The van der Waals surface area contributed by atoms with Crippen LogP contribution in [0.1, 0.15) is 20.8 Å². The molecule has 0 amide bonds. The molecule has 1 rings (SSSR count). The summed E-state index contributed by atoms with van der Waals surface area (Å²) in [5.74, 6) is 0.620. The minimum atomic E-state index is 0.0540. The first-order valence-electron chi connectivity index (χ1n) is 4.62. The molecule has 1 aliphatic rings. The number of nitrogens with zero attached hydrogens (tertiary/aromatic N) is 1. The molecule has 0 aliphatic carbocycles. The van der Waals surface area contributed by atoms with Gasteiger partial charge in [0.15, 0.2) is 7.28 Å². The molecule has 1 saturated heterocycles. The van der Waals surface area contributed by atoms with Gasteiger partial charge in [0.05, 0.1) is 6.10 Å². The van der Waals surface area contributed by atoms with Gasteiger partial charge in [-0.05, 0) is 47.2 Å². The highest BCUT2D eigenvalue weighted by Gasteiger charge is 2.52. The Hall–Kier alpha value is -0.0151. The highest BCUT2D eigenvalue weighted by Crippen LogP contribution is 2.43. The third kappa shape index (κ3) is 2.49. The van der Waals surface area contributed by atoms with Gasteiger partial charge in [-0.15, -0.1) is 0 Å². The highest BCUT2D eigenvalue weighted by molar-refractivity contribution is 6.56. The van der Waals surface area contributed by atoms with Crippen molar-refractivity contribution < 1.29 is 4.74 Å². The Morgan fingerprint density at radius 2 is 2.08 bits per heavy atom. The van der Waals surface area contributed by atoms with Gasteiger partial charge in [-0.2, -0.15) is 0 Å². The first-order chi connectivity index (χ1) is 5.44. The van der Waals surface area contributed by atoms with E-state index in [1.807, 2.05) is 0 Å². The molecule has 1 aliphatic heterocycles. The molecule has 1 radical (unpaired) electrons. The molecule has 0 bridgehead atoms. The quantitative estimate of drug-likeness (QED) is 0.584. The maximum Gasteiger partial charge on any atom is 0.160 e. The lowest BCUT2D eigenvalue weighted by atomic mass is 9.98. The van der Waals surface area contributed by atoms with Crippen LogP contribution in [0.5, 0.6) is 0 Å². The molecule has 0 saturated carbocycles. The monoisotopic (exact) mass is 168 g/mol. The third-order valence-corrected chi connectivity index (χ3v) is 2.21. The number of hydrogen-bond acceptors (Lipinski definition) is 2. The molecule has 0 aromatic heterocycles. The van der Waals surface area contributed by atoms with Crippen molar-refractivity contribution >= 4 is 7.28 Å². The molecule has 0 aromatic rings. The van der Waals surface area contributed by atoms with Gasteiger partial charge >= 0.3 is 0 Å². The van der Waals surface area contributed by atoms with Crippen LogP contribution in [0.25, 0.3) is 0 Å². The van der Waals surface area contributed by atoms with Crippen LogP contribution in [0.3, 0.4) is 0 Å². The van der Waals surface area contributed by atoms with Gasteiger partial charge in [0.1, 0.15) is 0 Å². The van der Waals surface area contributed by atoms with E-state index in [0.717, 1.165) is 6.54 Å². The minimum Gasteiger partial charge on any atom is -0.382 e. The number of ether oxygens (including phenoxy) is 1. The first-order valence-corrected chi connectivity index (χ1v) is 4.62. The van der Waals surface area contributed by atoms with E-state index in [2.05, 4.69) is 47.0 Å². The summed E-state index contributed by atoms with van der Waals surface area (Å²) in [6.45, 7) is 7.44. The lowest BCUT2D eigenvalue weighted by Gasteiger charge is -2.19. The van der Waals surface area contributed by atoms with E-state index in [1.165, 1.54) is 0 Å². The van der Waals surface area contributed by atoms with Crippen molar-refractivity contribution in [2.75, 3.05) is 20.6 Å². The molecule has 0 spiro atoms.